The minimum atomic E-state index is -0.170. The number of aromatic nitrogens is 5. The van der Waals surface area contributed by atoms with Crippen molar-refractivity contribution in [2.75, 3.05) is 5.32 Å². The van der Waals surface area contributed by atoms with Crippen molar-refractivity contribution in [1.29, 1.82) is 0 Å². The quantitative estimate of drug-likeness (QED) is 0.573. The van der Waals surface area contributed by atoms with Crippen molar-refractivity contribution in [1.82, 2.24) is 24.3 Å². The molecule has 1 aromatic carbocycles. The number of rotatable bonds is 4. The van der Waals surface area contributed by atoms with Gasteiger partial charge in [-0.05, 0) is 44.2 Å². The third-order valence-corrected chi connectivity index (χ3v) is 5.52. The molecular weight excluding hydrogens is 372 g/mol. The number of imidazole rings is 1. The lowest BCUT2D eigenvalue weighted by Crippen LogP contribution is -2.13. The monoisotopic (exact) mass is 392 g/mol. The number of pyridine rings is 1. The summed E-state index contributed by atoms with van der Waals surface area (Å²) in [7, 11) is 3.79. The Morgan fingerprint density at radius 2 is 1.89 bits per heavy atom. The van der Waals surface area contributed by atoms with Gasteiger partial charge in [0.05, 0.1) is 16.6 Å². The van der Waals surface area contributed by atoms with Crippen LogP contribution in [-0.4, -0.2) is 30.2 Å². The highest BCUT2D eigenvalue weighted by Gasteiger charge is 2.18. The number of nitrogens with one attached hydrogen (secondary N) is 1. The highest BCUT2D eigenvalue weighted by atomic mass is 32.2. The number of aryl methyl sites for hydroxylation is 4. The van der Waals surface area contributed by atoms with E-state index in [0.29, 0.717) is 11.2 Å². The Morgan fingerprint density at radius 3 is 2.57 bits per heavy atom. The van der Waals surface area contributed by atoms with E-state index >= 15 is 0 Å². The van der Waals surface area contributed by atoms with Crippen molar-refractivity contribution in [3.05, 3.63) is 59.7 Å². The molecule has 142 valence electrons. The molecule has 28 heavy (non-hydrogen) atoms. The number of benzene rings is 1. The average molecular weight is 392 g/mol. The molecule has 4 aromatic rings. The highest BCUT2D eigenvalue weighted by Crippen LogP contribution is 2.27. The van der Waals surface area contributed by atoms with Crippen molar-refractivity contribution in [3.8, 4) is 0 Å². The minimum Gasteiger partial charge on any atom is -0.329 e. The molecule has 0 aliphatic rings. The van der Waals surface area contributed by atoms with E-state index < -0.39 is 0 Å². The number of carbonyl (C=O) groups excluding carboxylic acids is 1. The average Bonchev–Trinajstić information content (AvgIpc) is 3.19. The maximum Gasteiger partial charge on any atom is 0.256 e. The maximum atomic E-state index is 12.9. The van der Waals surface area contributed by atoms with Crippen LogP contribution in [-0.2, 0) is 14.1 Å². The lowest BCUT2D eigenvalue weighted by molar-refractivity contribution is 0.102. The number of fused-ring (bicyclic) bond motifs is 1. The number of hydrogen-bond donors (Lipinski definition) is 1. The summed E-state index contributed by atoms with van der Waals surface area (Å²) in [6.07, 6.45) is 3.68. The molecule has 0 saturated carbocycles. The third kappa shape index (κ3) is 3.38. The first-order chi connectivity index (χ1) is 13.4. The second-order valence-electron chi connectivity index (χ2n) is 6.62. The molecule has 0 atom stereocenters. The Balaban J connectivity index is 1.57. The first kappa shape index (κ1) is 18.2. The highest BCUT2D eigenvalue weighted by molar-refractivity contribution is 7.99. The molecule has 0 unspecified atom stereocenters. The summed E-state index contributed by atoms with van der Waals surface area (Å²) in [5.41, 5.74) is 3.60. The molecular formula is C20H20N6OS. The number of anilines is 1. The molecule has 1 N–H and O–H groups in total. The van der Waals surface area contributed by atoms with Crippen LogP contribution >= 0.6 is 11.8 Å². The molecule has 7 nitrogen and oxygen atoms in total. The van der Waals surface area contributed by atoms with Gasteiger partial charge >= 0.3 is 0 Å². The fourth-order valence-electron chi connectivity index (χ4n) is 3.11. The second-order valence-corrected chi connectivity index (χ2v) is 7.66. The van der Waals surface area contributed by atoms with Gasteiger partial charge in [-0.1, -0.05) is 11.8 Å². The third-order valence-electron chi connectivity index (χ3n) is 4.44. The lowest BCUT2D eigenvalue weighted by atomic mass is 10.1. The van der Waals surface area contributed by atoms with Gasteiger partial charge in [0.2, 0.25) is 0 Å². The number of nitrogens with zero attached hydrogens (tertiary/aromatic N) is 5. The van der Waals surface area contributed by atoms with Crippen LogP contribution < -0.4 is 5.32 Å². The zero-order valence-corrected chi connectivity index (χ0v) is 16.9. The Bertz CT molecular complexity index is 1180. The summed E-state index contributed by atoms with van der Waals surface area (Å²) < 4.78 is 3.67. The fraction of sp³-hybridized carbons (Fsp3) is 0.200. The van der Waals surface area contributed by atoms with Crippen LogP contribution in [0.5, 0.6) is 0 Å². The van der Waals surface area contributed by atoms with Crippen LogP contribution in [0.15, 0.2) is 52.8 Å². The zero-order chi connectivity index (χ0) is 19.8. The van der Waals surface area contributed by atoms with Gasteiger partial charge in [-0.2, -0.15) is 5.10 Å². The molecule has 0 saturated heterocycles. The van der Waals surface area contributed by atoms with Gasteiger partial charge in [0.15, 0.2) is 10.8 Å². The van der Waals surface area contributed by atoms with Crippen molar-refractivity contribution >= 4 is 34.4 Å². The van der Waals surface area contributed by atoms with Gasteiger partial charge < -0.3 is 9.88 Å². The number of hydrogen-bond acceptors (Lipinski definition) is 5. The van der Waals surface area contributed by atoms with Gasteiger partial charge in [-0.25, -0.2) is 9.97 Å². The Hall–Kier alpha value is -3.13. The van der Waals surface area contributed by atoms with Gasteiger partial charge in [-0.15, -0.1) is 0 Å². The summed E-state index contributed by atoms with van der Waals surface area (Å²) >= 11 is 1.57. The molecule has 1 amide bonds. The van der Waals surface area contributed by atoms with Gasteiger partial charge in [0.25, 0.3) is 5.91 Å². The molecule has 3 aromatic heterocycles. The van der Waals surface area contributed by atoms with Crippen LogP contribution in [0.2, 0.25) is 0 Å². The molecule has 0 spiro atoms. The van der Waals surface area contributed by atoms with Crippen LogP contribution in [0.4, 0.5) is 5.69 Å². The summed E-state index contributed by atoms with van der Waals surface area (Å²) in [4.78, 5) is 22.8. The summed E-state index contributed by atoms with van der Waals surface area (Å²) in [6.45, 7) is 3.77. The van der Waals surface area contributed by atoms with E-state index in [-0.39, 0.29) is 5.91 Å². The van der Waals surface area contributed by atoms with E-state index in [0.717, 1.165) is 32.5 Å². The van der Waals surface area contributed by atoms with Crippen LogP contribution in [0, 0.1) is 13.8 Å². The predicted molar refractivity (Wildman–Crippen MR) is 110 cm³/mol. The standard InChI is InChI=1S/C20H20N6OS/c1-12-11-16(17-13(2)24-26(4)18(17)22-12)19(27)23-14-5-7-15(8-6-14)28-20-21-9-10-25(20)3/h5-11H,1-4H3,(H,23,27). The molecule has 0 aliphatic carbocycles. The Morgan fingerprint density at radius 1 is 1.14 bits per heavy atom. The van der Waals surface area contributed by atoms with E-state index in [9.17, 15) is 4.79 Å². The first-order valence-corrected chi connectivity index (χ1v) is 9.61. The van der Waals surface area contributed by atoms with Crippen molar-refractivity contribution in [2.24, 2.45) is 14.1 Å². The predicted octanol–water partition coefficient (Wildman–Crippen LogP) is 3.72. The minimum absolute atomic E-state index is 0.170. The van der Waals surface area contributed by atoms with Crippen molar-refractivity contribution in [2.45, 2.75) is 23.9 Å². The number of amides is 1. The fourth-order valence-corrected chi connectivity index (χ4v) is 3.91. The van der Waals surface area contributed by atoms with Crippen LogP contribution in [0.1, 0.15) is 21.7 Å². The Kier molecular flexibility index (Phi) is 4.64. The largest absolute Gasteiger partial charge is 0.329 e. The molecule has 0 radical (unpaired) electrons. The van der Waals surface area contributed by atoms with Crippen LogP contribution in [0.3, 0.4) is 0 Å². The van der Waals surface area contributed by atoms with Gasteiger partial charge in [-0.3, -0.25) is 9.48 Å². The molecule has 0 aliphatic heterocycles. The summed E-state index contributed by atoms with van der Waals surface area (Å²) in [5.74, 6) is -0.170. The normalized spacial score (nSPS) is 11.1. The van der Waals surface area contributed by atoms with E-state index in [4.69, 9.17) is 0 Å². The topological polar surface area (TPSA) is 77.6 Å². The van der Waals surface area contributed by atoms with E-state index in [1.165, 1.54) is 0 Å². The van der Waals surface area contributed by atoms with E-state index in [2.05, 4.69) is 20.4 Å². The van der Waals surface area contributed by atoms with E-state index in [1.807, 2.05) is 63.0 Å². The lowest BCUT2D eigenvalue weighted by Gasteiger charge is -2.09. The molecule has 0 fully saturated rings. The second kappa shape index (κ2) is 7.12. The zero-order valence-electron chi connectivity index (χ0n) is 16.1. The number of carbonyl (C=O) groups is 1. The molecule has 8 heteroatoms. The maximum absolute atomic E-state index is 12.9. The van der Waals surface area contributed by atoms with Gasteiger partial charge in [0.1, 0.15) is 0 Å². The smallest absolute Gasteiger partial charge is 0.256 e. The van der Waals surface area contributed by atoms with Crippen molar-refractivity contribution < 1.29 is 4.79 Å². The molecule has 3 heterocycles. The van der Waals surface area contributed by atoms with Crippen LogP contribution in [0.25, 0.3) is 11.0 Å². The summed E-state index contributed by atoms with van der Waals surface area (Å²) in [5, 5.41) is 9.08. The summed E-state index contributed by atoms with van der Waals surface area (Å²) in [6, 6.07) is 9.53. The van der Waals surface area contributed by atoms with E-state index in [1.54, 1.807) is 28.7 Å². The molecule has 0 bridgehead atoms. The SMILES string of the molecule is Cc1cc(C(=O)Nc2ccc(Sc3nccn3C)cc2)c2c(C)nn(C)c2n1. The van der Waals surface area contributed by atoms with Crippen molar-refractivity contribution in [3.63, 3.8) is 0 Å². The Labute approximate surface area is 166 Å². The van der Waals surface area contributed by atoms with Gasteiger partial charge in [0, 0.05) is 42.8 Å². The first-order valence-electron chi connectivity index (χ1n) is 8.80. The molecule has 4 rings (SSSR count).